The molecule has 124 valence electrons. The van der Waals surface area contributed by atoms with Crippen molar-refractivity contribution in [3.8, 4) is 0 Å². The van der Waals surface area contributed by atoms with Crippen LogP contribution in [-0.2, 0) is 13.6 Å². The number of rotatable bonds is 4. The molecule has 8 heteroatoms. The number of aromatic nitrogens is 3. The molecule has 0 atom stereocenters. The molecule has 0 bridgehead atoms. The number of nitrogens with zero attached hydrogens (tertiary/aromatic N) is 4. The van der Waals surface area contributed by atoms with E-state index in [0.29, 0.717) is 12.1 Å². The zero-order chi connectivity index (χ0) is 16.4. The number of aromatic amines is 1. The minimum atomic E-state index is -2.55. The lowest BCUT2D eigenvalue weighted by Crippen LogP contribution is -2.46. The minimum Gasteiger partial charge on any atom is -0.356 e. The van der Waals surface area contributed by atoms with Gasteiger partial charge in [-0.2, -0.15) is 5.10 Å². The Morgan fingerprint density at radius 3 is 2.65 bits per heavy atom. The summed E-state index contributed by atoms with van der Waals surface area (Å²) in [6, 6.07) is 5.08. The highest BCUT2D eigenvalue weighted by Crippen LogP contribution is 2.23. The number of nitrogens with one attached hydrogen (secondary N) is 1. The lowest BCUT2D eigenvalue weighted by Gasteiger charge is -2.35. The van der Waals surface area contributed by atoms with Gasteiger partial charge >= 0.3 is 0 Å². The third-order valence-corrected chi connectivity index (χ3v) is 4.00. The van der Waals surface area contributed by atoms with Gasteiger partial charge in [0.1, 0.15) is 11.5 Å². The summed E-state index contributed by atoms with van der Waals surface area (Å²) < 4.78 is 27.4. The fourth-order valence-electron chi connectivity index (χ4n) is 2.87. The molecule has 0 unspecified atom stereocenters. The van der Waals surface area contributed by atoms with Crippen LogP contribution in [0.15, 0.2) is 29.2 Å². The van der Waals surface area contributed by atoms with Crippen molar-refractivity contribution in [2.45, 2.75) is 13.0 Å². The molecule has 0 aliphatic carbocycles. The molecular weight excluding hydrogens is 304 g/mol. The van der Waals surface area contributed by atoms with Crippen LogP contribution in [0, 0.1) is 0 Å². The van der Waals surface area contributed by atoms with E-state index in [1.165, 1.54) is 10.7 Å². The summed E-state index contributed by atoms with van der Waals surface area (Å²) in [5.74, 6) is 0.798. The van der Waals surface area contributed by atoms with Gasteiger partial charge in [0.25, 0.3) is 6.43 Å². The standard InChI is InChI=1S/C15H19F2N5O/c1-20-9-11(14(19-20)15(16)17)10-21-5-7-22(8-6-21)12-3-2-4-13(23)18-12/h2-4,9,15H,5-8,10H2,1H3,(H,18,23). The molecule has 0 saturated carbocycles. The lowest BCUT2D eigenvalue weighted by atomic mass is 10.2. The molecular formula is C15H19F2N5O. The Hall–Kier alpha value is -2.22. The fraction of sp³-hybridized carbons (Fsp3) is 0.467. The summed E-state index contributed by atoms with van der Waals surface area (Å²) in [5, 5.41) is 3.84. The van der Waals surface area contributed by atoms with Crippen LogP contribution in [0.25, 0.3) is 0 Å². The first kappa shape index (κ1) is 15.7. The number of aryl methyl sites for hydroxylation is 1. The minimum absolute atomic E-state index is 0.123. The third-order valence-electron chi connectivity index (χ3n) is 4.00. The molecule has 2 aromatic heterocycles. The van der Waals surface area contributed by atoms with Gasteiger partial charge in [-0.25, -0.2) is 8.78 Å². The Labute approximate surface area is 132 Å². The van der Waals surface area contributed by atoms with Crippen LogP contribution in [0.3, 0.4) is 0 Å². The van der Waals surface area contributed by atoms with Crippen LogP contribution in [0.4, 0.5) is 14.6 Å². The highest BCUT2D eigenvalue weighted by Gasteiger charge is 2.22. The molecule has 1 fully saturated rings. The second kappa shape index (κ2) is 6.49. The maximum atomic E-state index is 13.0. The van der Waals surface area contributed by atoms with Crippen molar-refractivity contribution in [1.29, 1.82) is 0 Å². The molecule has 1 N–H and O–H groups in total. The summed E-state index contributed by atoms with van der Waals surface area (Å²) in [6.45, 7) is 3.43. The van der Waals surface area contributed by atoms with Crippen LogP contribution in [0.5, 0.6) is 0 Å². The first-order chi connectivity index (χ1) is 11.0. The summed E-state index contributed by atoms with van der Waals surface area (Å²) in [5.41, 5.74) is 0.313. The number of piperazine rings is 1. The largest absolute Gasteiger partial charge is 0.356 e. The highest BCUT2D eigenvalue weighted by atomic mass is 19.3. The molecule has 3 heterocycles. The van der Waals surface area contributed by atoms with Crippen LogP contribution in [0.2, 0.25) is 0 Å². The first-order valence-electron chi connectivity index (χ1n) is 7.50. The van der Waals surface area contributed by atoms with E-state index in [4.69, 9.17) is 0 Å². The summed E-state index contributed by atoms with van der Waals surface area (Å²) in [7, 11) is 1.65. The Kier molecular flexibility index (Phi) is 4.42. The van der Waals surface area contributed by atoms with E-state index in [1.54, 1.807) is 19.3 Å². The number of pyridine rings is 1. The molecule has 0 aromatic carbocycles. The van der Waals surface area contributed by atoms with Gasteiger partial charge in [0, 0.05) is 57.6 Å². The molecule has 2 aromatic rings. The van der Waals surface area contributed by atoms with Crippen LogP contribution in [0.1, 0.15) is 17.7 Å². The number of hydrogen-bond acceptors (Lipinski definition) is 4. The zero-order valence-corrected chi connectivity index (χ0v) is 12.9. The third kappa shape index (κ3) is 3.58. The molecule has 3 rings (SSSR count). The molecule has 0 radical (unpaired) electrons. The molecule has 1 saturated heterocycles. The van der Waals surface area contributed by atoms with Crippen molar-refractivity contribution in [3.05, 3.63) is 46.0 Å². The topological polar surface area (TPSA) is 57.2 Å². The highest BCUT2D eigenvalue weighted by molar-refractivity contribution is 5.38. The fourth-order valence-corrected chi connectivity index (χ4v) is 2.87. The number of anilines is 1. The maximum Gasteiger partial charge on any atom is 0.282 e. The van der Waals surface area contributed by atoms with Gasteiger partial charge < -0.3 is 9.88 Å². The molecule has 6 nitrogen and oxygen atoms in total. The monoisotopic (exact) mass is 323 g/mol. The van der Waals surface area contributed by atoms with Crippen molar-refractivity contribution in [2.24, 2.45) is 7.05 Å². The van der Waals surface area contributed by atoms with Gasteiger partial charge in [-0.3, -0.25) is 14.4 Å². The number of H-pyrrole nitrogens is 1. The van der Waals surface area contributed by atoms with Gasteiger partial charge in [-0.1, -0.05) is 6.07 Å². The Bertz CT molecular complexity index is 719. The predicted molar refractivity (Wildman–Crippen MR) is 82.7 cm³/mol. The van der Waals surface area contributed by atoms with Crippen LogP contribution < -0.4 is 10.5 Å². The zero-order valence-electron chi connectivity index (χ0n) is 12.9. The van der Waals surface area contributed by atoms with E-state index >= 15 is 0 Å². The Morgan fingerprint density at radius 2 is 2.00 bits per heavy atom. The van der Waals surface area contributed by atoms with Crippen molar-refractivity contribution in [3.63, 3.8) is 0 Å². The molecule has 0 spiro atoms. The Balaban J connectivity index is 1.62. The van der Waals surface area contributed by atoms with Crippen LogP contribution >= 0.6 is 0 Å². The smallest absolute Gasteiger partial charge is 0.282 e. The van der Waals surface area contributed by atoms with Gasteiger partial charge in [-0.15, -0.1) is 0 Å². The lowest BCUT2D eigenvalue weighted by molar-refractivity contribution is 0.142. The first-order valence-corrected chi connectivity index (χ1v) is 7.50. The predicted octanol–water partition coefficient (Wildman–Crippen LogP) is 1.37. The van der Waals surface area contributed by atoms with Crippen molar-refractivity contribution < 1.29 is 8.78 Å². The maximum absolute atomic E-state index is 13.0. The van der Waals surface area contributed by atoms with E-state index in [-0.39, 0.29) is 11.3 Å². The summed E-state index contributed by atoms with van der Waals surface area (Å²) in [6.07, 6.45) is -0.899. The second-order valence-corrected chi connectivity index (χ2v) is 5.68. The average molecular weight is 323 g/mol. The second-order valence-electron chi connectivity index (χ2n) is 5.68. The average Bonchev–Trinajstić information content (AvgIpc) is 2.89. The van der Waals surface area contributed by atoms with Crippen LogP contribution in [-0.4, -0.2) is 45.8 Å². The van der Waals surface area contributed by atoms with Gasteiger partial charge in [0.15, 0.2) is 0 Å². The normalized spacial score (nSPS) is 16.3. The summed E-state index contributed by atoms with van der Waals surface area (Å²) in [4.78, 5) is 18.4. The SMILES string of the molecule is Cn1cc(CN2CCN(c3cccc(=O)[nH]3)CC2)c(C(F)F)n1. The molecule has 1 aliphatic heterocycles. The Morgan fingerprint density at radius 1 is 1.26 bits per heavy atom. The number of halogens is 2. The van der Waals surface area contributed by atoms with Crippen molar-refractivity contribution >= 4 is 5.82 Å². The quantitative estimate of drug-likeness (QED) is 0.923. The van der Waals surface area contributed by atoms with E-state index in [1.807, 2.05) is 6.07 Å². The van der Waals surface area contributed by atoms with E-state index in [9.17, 15) is 13.6 Å². The van der Waals surface area contributed by atoms with E-state index in [0.717, 1.165) is 32.0 Å². The van der Waals surface area contributed by atoms with E-state index in [2.05, 4.69) is 19.9 Å². The summed E-state index contributed by atoms with van der Waals surface area (Å²) >= 11 is 0. The molecule has 0 amide bonds. The number of hydrogen-bond donors (Lipinski definition) is 1. The van der Waals surface area contributed by atoms with Crippen molar-refractivity contribution in [2.75, 3.05) is 31.1 Å². The molecule has 23 heavy (non-hydrogen) atoms. The molecule has 1 aliphatic rings. The van der Waals surface area contributed by atoms with Gasteiger partial charge in [-0.05, 0) is 6.07 Å². The van der Waals surface area contributed by atoms with Gasteiger partial charge in [0.05, 0.1) is 0 Å². The van der Waals surface area contributed by atoms with Gasteiger partial charge in [0.2, 0.25) is 5.56 Å². The number of alkyl halides is 2. The van der Waals surface area contributed by atoms with Crippen molar-refractivity contribution in [1.82, 2.24) is 19.7 Å². The van der Waals surface area contributed by atoms with E-state index < -0.39 is 6.43 Å².